The Bertz CT molecular complexity index is 80.4. The monoisotopic (exact) mass is 131 g/mol. The third-order valence-corrected chi connectivity index (χ3v) is 0.687. The van der Waals surface area contributed by atoms with E-state index in [1.807, 2.05) is 6.92 Å². The summed E-state index contributed by atoms with van der Waals surface area (Å²) in [5.74, 6) is -0.355. The highest BCUT2D eigenvalue weighted by molar-refractivity contribution is 5.70. The van der Waals surface area contributed by atoms with Crippen molar-refractivity contribution in [3.05, 3.63) is 6.92 Å². The zero-order valence-electron chi connectivity index (χ0n) is 5.55. The van der Waals surface area contributed by atoms with Crippen molar-refractivity contribution in [1.82, 2.24) is 0 Å². The number of hydrogen-bond acceptors (Lipinski definition) is 3. The number of hydrogen-bond donors (Lipinski definition) is 0. The van der Waals surface area contributed by atoms with Crippen LogP contribution in [-0.4, -0.2) is 25.8 Å². The smallest absolute Gasteiger partial charge is 0.332 e. The van der Waals surface area contributed by atoms with E-state index in [0.29, 0.717) is 6.61 Å². The maximum absolute atomic E-state index is 10.4. The fraction of sp³-hybridized carbons (Fsp3) is 0.667. The van der Waals surface area contributed by atoms with Crippen LogP contribution in [0.1, 0.15) is 6.92 Å². The number of ether oxygens (including phenoxy) is 2. The van der Waals surface area contributed by atoms with Gasteiger partial charge in [-0.05, 0) is 13.8 Å². The zero-order valence-corrected chi connectivity index (χ0v) is 5.55. The molecule has 0 aliphatic heterocycles. The molecule has 1 radical (unpaired) electrons. The Morgan fingerprint density at radius 3 is 2.78 bits per heavy atom. The summed E-state index contributed by atoms with van der Waals surface area (Å²) in [6.45, 7) is 5.89. The molecule has 3 heteroatoms. The van der Waals surface area contributed by atoms with Crippen molar-refractivity contribution in [1.29, 1.82) is 0 Å². The Morgan fingerprint density at radius 1 is 1.67 bits per heavy atom. The van der Waals surface area contributed by atoms with Gasteiger partial charge in [-0.3, -0.25) is 0 Å². The number of rotatable bonds is 4. The molecule has 53 valence electrons. The molecule has 0 amide bonds. The third-order valence-electron chi connectivity index (χ3n) is 0.687. The Kier molecular flexibility index (Phi) is 5.21. The molecule has 0 unspecified atom stereocenters. The molecule has 3 nitrogen and oxygen atoms in total. The lowest BCUT2D eigenvalue weighted by molar-refractivity contribution is -0.147. The van der Waals surface area contributed by atoms with Crippen molar-refractivity contribution < 1.29 is 14.3 Å². The van der Waals surface area contributed by atoms with E-state index in [0.717, 1.165) is 0 Å². The van der Waals surface area contributed by atoms with Crippen molar-refractivity contribution in [2.45, 2.75) is 6.92 Å². The summed E-state index contributed by atoms with van der Waals surface area (Å²) in [5.41, 5.74) is 0. The van der Waals surface area contributed by atoms with Crippen molar-refractivity contribution in [3.63, 3.8) is 0 Å². The minimum atomic E-state index is -0.355. The average Bonchev–Trinajstić information content (AvgIpc) is 1.85. The largest absolute Gasteiger partial charge is 0.464 e. The first-order chi connectivity index (χ1) is 4.31. The van der Waals surface area contributed by atoms with Crippen LogP contribution in [0.3, 0.4) is 0 Å². The van der Waals surface area contributed by atoms with E-state index in [1.54, 1.807) is 0 Å². The Balaban J connectivity index is 3.06. The quantitative estimate of drug-likeness (QED) is 0.518. The van der Waals surface area contributed by atoms with E-state index in [9.17, 15) is 4.79 Å². The second kappa shape index (κ2) is 5.56. The fourth-order valence-electron chi connectivity index (χ4n) is 0.341. The van der Waals surface area contributed by atoms with Crippen LogP contribution in [0.2, 0.25) is 0 Å². The highest BCUT2D eigenvalue weighted by Gasteiger charge is 1.97. The van der Waals surface area contributed by atoms with Gasteiger partial charge in [0.2, 0.25) is 0 Å². The van der Waals surface area contributed by atoms with Crippen molar-refractivity contribution in [2.24, 2.45) is 0 Å². The lowest BCUT2D eigenvalue weighted by Crippen LogP contribution is -2.11. The Morgan fingerprint density at radius 2 is 2.33 bits per heavy atom. The highest BCUT2D eigenvalue weighted by Crippen LogP contribution is 1.79. The second-order valence-electron chi connectivity index (χ2n) is 1.36. The molecule has 0 N–H and O–H groups in total. The van der Waals surface area contributed by atoms with Crippen LogP contribution < -0.4 is 0 Å². The van der Waals surface area contributed by atoms with Crippen LogP contribution in [-0.2, 0) is 14.3 Å². The normalized spacial score (nSPS) is 9.11. The first-order valence-electron chi connectivity index (χ1n) is 2.83. The number of carbonyl (C=O) groups is 1. The lowest BCUT2D eigenvalue weighted by atomic mass is 10.7. The van der Waals surface area contributed by atoms with Gasteiger partial charge in [-0.1, -0.05) is 0 Å². The number of carbonyl (C=O) groups excluding carboxylic acids is 1. The topological polar surface area (TPSA) is 35.5 Å². The molecule has 9 heavy (non-hydrogen) atoms. The predicted octanol–water partition coefficient (Wildman–Crippen LogP) is 0.400. The van der Waals surface area contributed by atoms with Crippen molar-refractivity contribution in [2.75, 3.05) is 19.8 Å². The minimum absolute atomic E-state index is 0.0337. The summed E-state index contributed by atoms with van der Waals surface area (Å²) in [6, 6.07) is 0. The van der Waals surface area contributed by atoms with Gasteiger partial charge >= 0.3 is 5.97 Å². The third kappa shape index (κ3) is 5.30. The van der Waals surface area contributed by atoms with E-state index in [2.05, 4.69) is 11.7 Å². The molecule has 0 atom stereocenters. The van der Waals surface area contributed by atoms with E-state index in [-0.39, 0.29) is 19.2 Å². The molecule has 0 aliphatic carbocycles. The highest BCUT2D eigenvalue weighted by atomic mass is 16.6. The first-order valence-corrected chi connectivity index (χ1v) is 2.83. The van der Waals surface area contributed by atoms with Gasteiger partial charge in [0, 0.05) is 6.61 Å². The van der Waals surface area contributed by atoms with Crippen LogP contribution in [0.5, 0.6) is 0 Å². The molecular weight excluding hydrogens is 120 g/mol. The van der Waals surface area contributed by atoms with Crippen LogP contribution in [0.25, 0.3) is 0 Å². The van der Waals surface area contributed by atoms with Crippen molar-refractivity contribution >= 4 is 5.97 Å². The number of esters is 1. The summed E-state index contributed by atoms with van der Waals surface area (Å²) in [6.07, 6.45) is 0. The zero-order chi connectivity index (χ0) is 7.11. The Hall–Kier alpha value is -0.570. The van der Waals surface area contributed by atoms with Gasteiger partial charge in [-0.15, -0.1) is 0 Å². The molecule has 0 heterocycles. The molecule has 0 aromatic rings. The van der Waals surface area contributed by atoms with Gasteiger partial charge in [-0.2, -0.15) is 0 Å². The molecule has 0 aromatic carbocycles. The fourth-order valence-corrected chi connectivity index (χ4v) is 0.341. The molecular formula is C6H11O3. The van der Waals surface area contributed by atoms with Gasteiger partial charge in [0.1, 0.15) is 6.61 Å². The second-order valence-corrected chi connectivity index (χ2v) is 1.36. The van der Waals surface area contributed by atoms with Crippen molar-refractivity contribution in [3.8, 4) is 0 Å². The summed E-state index contributed by atoms with van der Waals surface area (Å²) < 4.78 is 9.21. The molecule has 0 bridgehead atoms. The summed E-state index contributed by atoms with van der Waals surface area (Å²) in [7, 11) is 0. The minimum Gasteiger partial charge on any atom is -0.464 e. The van der Waals surface area contributed by atoms with Crippen LogP contribution >= 0.6 is 0 Å². The van der Waals surface area contributed by atoms with E-state index >= 15 is 0 Å². The maximum Gasteiger partial charge on any atom is 0.332 e. The molecule has 0 aliphatic rings. The van der Waals surface area contributed by atoms with Crippen LogP contribution in [0, 0.1) is 6.92 Å². The molecule has 0 aromatic heterocycles. The maximum atomic E-state index is 10.4. The molecule has 0 saturated heterocycles. The SMILES string of the molecule is [CH2]COC(=O)COCC. The molecule has 0 saturated carbocycles. The van der Waals surface area contributed by atoms with E-state index < -0.39 is 0 Å². The Labute approximate surface area is 55.0 Å². The van der Waals surface area contributed by atoms with Gasteiger partial charge in [0.25, 0.3) is 0 Å². The molecule has 0 rings (SSSR count). The van der Waals surface area contributed by atoms with Crippen LogP contribution in [0.4, 0.5) is 0 Å². The lowest BCUT2D eigenvalue weighted by Gasteiger charge is -1.99. The van der Waals surface area contributed by atoms with Gasteiger partial charge in [0.15, 0.2) is 0 Å². The van der Waals surface area contributed by atoms with Gasteiger partial charge in [0.05, 0.1) is 6.61 Å². The predicted molar refractivity (Wildman–Crippen MR) is 32.8 cm³/mol. The van der Waals surface area contributed by atoms with E-state index in [1.165, 1.54) is 0 Å². The van der Waals surface area contributed by atoms with Crippen LogP contribution in [0.15, 0.2) is 0 Å². The average molecular weight is 131 g/mol. The molecule has 0 spiro atoms. The summed E-state index contributed by atoms with van der Waals surface area (Å²) in [5, 5.41) is 0. The summed E-state index contributed by atoms with van der Waals surface area (Å²) >= 11 is 0. The molecule has 0 fully saturated rings. The standard InChI is InChI=1S/C6H11O3/c1-3-8-5-6(7)9-4-2/h2-5H2,1H3. The summed E-state index contributed by atoms with van der Waals surface area (Å²) in [4.78, 5) is 10.4. The van der Waals surface area contributed by atoms with Gasteiger partial charge in [-0.25, -0.2) is 4.79 Å². The van der Waals surface area contributed by atoms with Gasteiger partial charge < -0.3 is 9.47 Å². The van der Waals surface area contributed by atoms with E-state index in [4.69, 9.17) is 4.74 Å². The first kappa shape index (κ1) is 8.43.